The minimum atomic E-state index is -0.451. The molecule has 0 aromatic heterocycles. The van der Waals surface area contributed by atoms with Crippen LogP contribution in [-0.4, -0.2) is 16.6 Å². The van der Waals surface area contributed by atoms with Crippen LogP contribution in [0.2, 0.25) is 0 Å². The quantitative estimate of drug-likeness (QED) is 0.575. The molecule has 0 spiro atoms. The van der Waals surface area contributed by atoms with E-state index in [9.17, 15) is 4.79 Å². The largest absolute Gasteiger partial charge is 0.443 e. The molecule has 0 fully saturated rings. The molecule has 1 heterocycles. The summed E-state index contributed by atoms with van der Waals surface area (Å²) in [6, 6.07) is 0. The maximum Gasteiger partial charge on any atom is 0.418 e. The van der Waals surface area contributed by atoms with E-state index in [-0.39, 0.29) is 6.09 Å². The molecule has 0 aliphatic carbocycles. The first-order valence-electron chi connectivity index (χ1n) is 4.27. The zero-order valence-electron chi connectivity index (χ0n) is 8.33. The van der Waals surface area contributed by atoms with Gasteiger partial charge >= 0.3 is 6.09 Å². The van der Waals surface area contributed by atoms with E-state index >= 15 is 0 Å². The van der Waals surface area contributed by atoms with Gasteiger partial charge in [-0.25, -0.2) is 4.79 Å². The molecule has 0 saturated carbocycles. The lowest BCUT2D eigenvalue weighted by atomic mass is 10.2. The summed E-state index contributed by atoms with van der Waals surface area (Å²) < 4.78 is 5.17. The summed E-state index contributed by atoms with van der Waals surface area (Å²) in [4.78, 5) is 12.9. The topological polar surface area (TPSA) is 29.5 Å². The summed E-state index contributed by atoms with van der Waals surface area (Å²) in [5.41, 5.74) is 0.308. The summed E-state index contributed by atoms with van der Waals surface area (Å²) in [5, 5.41) is 0. The minimum Gasteiger partial charge on any atom is -0.443 e. The molecule has 0 atom stereocenters. The second-order valence-corrected chi connectivity index (χ2v) is 4.01. The highest BCUT2D eigenvalue weighted by molar-refractivity contribution is 5.72. The standard InChI is InChI=1S/C10H15NO2/c1-8-6-5-7-11(8)9(12)13-10(2,3)4/h5,7H,1,6H2,2-4H3. The maximum atomic E-state index is 11.5. The van der Waals surface area contributed by atoms with Crippen molar-refractivity contribution in [3.8, 4) is 0 Å². The average Bonchev–Trinajstić information content (AvgIpc) is 2.30. The average molecular weight is 181 g/mol. The van der Waals surface area contributed by atoms with E-state index in [2.05, 4.69) is 6.58 Å². The smallest absolute Gasteiger partial charge is 0.418 e. The fraction of sp³-hybridized carbons (Fsp3) is 0.500. The first-order valence-corrected chi connectivity index (χ1v) is 4.27. The van der Waals surface area contributed by atoms with Crippen molar-refractivity contribution in [2.45, 2.75) is 32.8 Å². The van der Waals surface area contributed by atoms with Crippen LogP contribution < -0.4 is 0 Å². The molecule has 0 bridgehead atoms. The van der Waals surface area contributed by atoms with E-state index in [1.807, 2.05) is 26.8 Å². The van der Waals surface area contributed by atoms with Crippen molar-refractivity contribution in [2.75, 3.05) is 0 Å². The van der Waals surface area contributed by atoms with Crippen molar-refractivity contribution < 1.29 is 9.53 Å². The molecule has 1 rings (SSSR count). The number of nitrogens with zero attached hydrogens (tertiary/aromatic N) is 1. The predicted molar refractivity (Wildman–Crippen MR) is 51.0 cm³/mol. The Hall–Kier alpha value is -1.25. The third kappa shape index (κ3) is 2.61. The van der Waals surface area contributed by atoms with Gasteiger partial charge in [-0.15, -0.1) is 0 Å². The third-order valence-electron chi connectivity index (χ3n) is 1.54. The third-order valence-corrected chi connectivity index (χ3v) is 1.54. The number of hydrogen-bond acceptors (Lipinski definition) is 2. The van der Waals surface area contributed by atoms with Crippen molar-refractivity contribution >= 4 is 6.09 Å². The van der Waals surface area contributed by atoms with Gasteiger partial charge in [0.05, 0.1) is 0 Å². The van der Waals surface area contributed by atoms with Crippen molar-refractivity contribution in [2.24, 2.45) is 0 Å². The molecule has 0 aromatic rings. The fourth-order valence-corrected chi connectivity index (χ4v) is 0.999. The van der Waals surface area contributed by atoms with E-state index in [1.54, 1.807) is 6.20 Å². The Morgan fingerprint density at radius 2 is 2.23 bits per heavy atom. The van der Waals surface area contributed by atoms with Crippen LogP contribution in [0.1, 0.15) is 27.2 Å². The van der Waals surface area contributed by atoms with Crippen molar-refractivity contribution in [1.82, 2.24) is 4.90 Å². The summed E-state index contributed by atoms with van der Waals surface area (Å²) >= 11 is 0. The summed E-state index contributed by atoms with van der Waals surface area (Å²) in [7, 11) is 0. The van der Waals surface area contributed by atoms with Gasteiger partial charge in [0.25, 0.3) is 0 Å². The highest BCUT2D eigenvalue weighted by Gasteiger charge is 2.23. The summed E-state index contributed by atoms with van der Waals surface area (Å²) in [6.07, 6.45) is 3.94. The predicted octanol–water partition coefficient (Wildman–Crippen LogP) is 2.65. The molecule has 3 heteroatoms. The lowest BCUT2D eigenvalue weighted by Crippen LogP contribution is -2.31. The van der Waals surface area contributed by atoms with Crippen LogP contribution in [0.25, 0.3) is 0 Å². The zero-order chi connectivity index (χ0) is 10.1. The van der Waals surface area contributed by atoms with Crippen LogP contribution >= 0.6 is 0 Å². The molecule has 0 aromatic carbocycles. The van der Waals surface area contributed by atoms with E-state index in [4.69, 9.17) is 4.74 Å². The number of carbonyl (C=O) groups excluding carboxylic acids is 1. The van der Waals surface area contributed by atoms with Crippen LogP contribution in [0, 0.1) is 0 Å². The first kappa shape index (κ1) is 9.84. The number of hydrogen-bond donors (Lipinski definition) is 0. The Labute approximate surface area is 78.7 Å². The molecule has 13 heavy (non-hydrogen) atoms. The van der Waals surface area contributed by atoms with Gasteiger partial charge in [0, 0.05) is 18.3 Å². The van der Waals surface area contributed by atoms with Gasteiger partial charge < -0.3 is 4.74 Å². The first-order chi connectivity index (χ1) is 5.90. The Morgan fingerprint density at radius 3 is 2.62 bits per heavy atom. The molecule has 0 radical (unpaired) electrons. The minimum absolute atomic E-state index is 0.355. The van der Waals surface area contributed by atoms with Gasteiger partial charge in [-0.2, -0.15) is 0 Å². The van der Waals surface area contributed by atoms with Crippen LogP contribution in [0.3, 0.4) is 0 Å². The number of rotatable bonds is 0. The van der Waals surface area contributed by atoms with Crippen molar-refractivity contribution in [3.63, 3.8) is 0 Å². The summed E-state index contributed by atoms with van der Waals surface area (Å²) in [6.45, 7) is 9.27. The molecule has 1 aliphatic heterocycles. The van der Waals surface area contributed by atoms with Crippen LogP contribution in [-0.2, 0) is 4.74 Å². The number of carbonyl (C=O) groups is 1. The Morgan fingerprint density at radius 1 is 1.62 bits per heavy atom. The van der Waals surface area contributed by atoms with Gasteiger partial charge in [0.1, 0.15) is 5.60 Å². The van der Waals surface area contributed by atoms with E-state index in [0.717, 1.165) is 12.1 Å². The van der Waals surface area contributed by atoms with Crippen LogP contribution in [0.15, 0.2) is 24.6 Å². The van der Waals surface area contributed by atoms with E-state index < -0.39 is 5.60 Å². The number of allylic oxidation sites excluding steroid dienone is 1. The highest BCUT2D eigenvalue weighted by atomic mass is 16.6. The van der Waals surface area contributed by atoms with E-state index in [1.165, 1.54) is 4.90 Å². The van der Waals surface area contributed by atoms with E-state index in [0.29, 0.717) is 0 Å². The molecule has 1 aliphatic rings. The normalized spacial score (nSPS) is 16.5. The Balaban J connectivity index is 2.58. The lowest BCUT2D eigenvalue weighted by molar-refractivity contribution is 0.0389. The molecule has 0 N–H and O–H groups in total. The fourth-order valence-electron chi connectivity index (χ4n) is 0.999. The zero-order valence-corrected chi connectivity index (χ0v) is 8.33. The molecule has 0 saturated heterocycles. The highest BCUT2D eigenvalue weighted by Crippen LogP contribution is 2.19. The molecule has 3 nitrogen and oxygen atoms in total. The van der Waals surface area contributed by atoms with Gasteiger partial charge in [-0.3, -0.25) is 4.90 Å². The number of ether oxygens (including phenoxy) is 1. The van der Waals surface area contributed by atoms with Crippen LogP contribution in [0.5, 0.6) is 0 Å². The van der Waals surface area contributed by atoms with Gasteiger partial charge in [-0.1, -0.05) is 12.7 Å². The monoisotopic (exact) mass is 181 g/mol. The van der Waals surface area contributed by atoms with Crippen LogP contribution in [0.4, 0.5) is 4.79 Å². The van der Waals surface area contributed by atoms with Crippen molar-refractivity contribution in [3.05, 3.63) is 24.6 Å². The van der Waals surface area contributed by atoms with Crippen molar-refractivity contribution in [1.29, 1.82) is 0 Å². The van der Waals surface area contributed by atoms with Gasteiger partial charge in [0.15, 0.2) is 0 Å². The summed E-state index contributed by atoms with van der Waals surface area (Å²) in [5.74, 6) is 0. The molecule has 0 unspecified atom stereocenters. The molecule has 72 valence electrons. The molecule has 1 amide bonds. The molecular weight excluding hydrogens is 166 g/mol. The SMILES string of the molecule is C=C1CC=CN1C(=O)OC(C)(C)C. The Bertz CT molecular complexity index is 261. The lowest BCUT2D eigenvalue weighted by Gasteiger charge is -2.23. The second kappa shape index (κ2) is 3.24. The second-order valence-electron chi connectivity index (χ2n) is 4.01. The van der Waals surface area contributed by atoms with Gasteiger partial charge in [-0.05, 0) is 20.8 Å². The molecular formula is C10H15NO2. The van der Waals surface area contributed by atoms with Gasteiger partial charge in [0.2, 0.25) is 0 Å². The maximum absolute atomic E-state index is 11.5. The number of amides is 1. The Kier molecular flexibility index (Phi) is 2.45.